The van der Waals surface area contributed by atoms with Gasteiger partial charge in [-0.15, -0.1) is 0 Å². The minimum absolute atomic E-state index is 0.0574. The number of rotatable bonds is 14. The summed E-state index contributed by atoms with van der Waals surface area (Å²) in [5, 5.41) is 4.69. The van der Waals surface area contributed by atoms with Gasteiger partial charge in [-0.3, -0.25) is 9.10 Å². The maximum Gasteiger partial charge on any atom is 0.264 e. The molecule has 0 atom stereocenters. The van der Waals surface area contributed by atoms with Crippen molar-refractivity contribution in [3.05, 3.63) is 113 Å². The van der Waals surface area contributed by atoms with Crippen LogP contribution in [0.2, 0.25) is 5.02 Å². The van der Waals surface area contributed by atoms with Crippen LogP contribution >= 0.6 is 11.6 Å². The Morgan fingerprint density at radius 2 is 1.56 bits per heavy atom. The standard InChI is InChI=1S/C32H32ClN3O6S/c1-3-40-28-17-15-27(16-18-28)36(43(38,39)29-8-6-5-7-9-29)22-32(37)35-34-21-25-12-19-30(31(20-25)41-4-2)42-23-24-10-13-26(33)14-11-24/h5-21H,3-4,22-23H2,1-2H3,(H,35,37)/b34-21-. The molecule has 224 valence electrons. The van der Waals surface area contributed by atoms with Gasteiger partial charge in [0.1, 0.15) is 18.9 Å². The molecular formula is C32H32ClN3O6S. The largest absolute Gasteiger partial charge is 0.494 e. The molecule has 0 aliphatic rings. The lowest BCUT2D eigenvalue weighted by molar-refractivity contribution is -0.119. The molecule has 0 aliphatic heterocycles. The van der Waals surface area contributed by atoms with Crippen molar-refractivity contribution in [2.75, 3.05) is 24.1 Å². The third kappa shape index (κ3) is 8.73. The van der Waals surface area contributed by atoms with Gasteiger partial charge >= 0.3 is 0 Å². The molecule has 0 saturated heterocycles. The van der Waals surface area contributed by atoms with Gasteiger partial charge < -0.3 is 14.2 Å². The Labute approximate surface area is 256 Å². The number of ether oxygens (including phenoxy) is 3. The predicted octanol–water partition coefficient (Wildman–Crippen LogP) is 6.06. The van der Waals surface area contributed by atoms with Crippen LogP contribution in [0.5, 0.6) is 17.2 Å². The molecule has 1 N–H and O–H groups in total. The van der Waals surface area contributed by atoms with Crippen LogP contribution in [0.4, 0.5) is 5.69 Å². The molecule has 0 saturated carbocycles. The van der Waals surface area contributed by atoms with Gasteiger partial charge in [-0.1, -0.05) is 41.9 Å². The average molecular weight is 622 g/mol. The molecule has 0 unspecified atom stereocenters. The third-order valence-electron chi connectivity index (χ3n) is 6.03. The molecule has 4 rings (SSSR count). The lowest BCUT2D eigenvalue weighted by Gasteiger charge is -2.24. The van der Waals surface area contributed by atoms with Crippen LogP contribution in [0, 0.1) is 0 Å². The SMILES string of the molecule is CCOc1ccc(N(CC(=O)N/N=C\c2ccc(OCc3ccc(Cl)cc3)c(OCC)c2)S(=O)(=O)c2ccccc2)cc1. The Kier molecular flexibility index (Phi) is 11.0. The van der Waals surface area contributed by atoms with Crippen molar-refractivity contribution in [1.82, 2.24) is 5.43 Å². The summed E-state index contributed by atoms with van der Waals surface area (Å²) in [7, 11) is -4.05. The number of hydrogen-bond acceptors (Lipinski definition) is 7. The van der Waals surface area contributed by atoms with E-state index in [-0.39, 0.29) is 4.90 Å². The summed E-state index contributed by atoms with van der Waals surface area (Å²) < 4.78 is 45.2. The van der Waals surface area contributed by atoms with Gasteiger partial charge in [0.15, 0.2) is 11.5 Å². The van der Waals surface area contributed by atoms with Crippen molar-refractivity contribution < 1.29 is 27.4 Å². The highest BCUT2D eigenvalue weighted by atomic mass is 35.5. The van der Waals surface area contributed by atoms with Gasteiger partial charge in [-0.25, -0.2) is 13.8 Å². The lowest BCUT2D eigenvalue weighted by Crippen LogP contribution is -2.39. The molecule has 1 amide bonds. The van der Waals surface area contributed by atoms with Crippen molar-refractivity contribution >= 4 is 39.4 Å². The highest BCUT2D eigenvalue weighted by molar-refractivity contribution is 7.92. The van der Waals surface area contributed by atoms with E-state index in [2.05, 4.69) is 10.5 Å². The van der Waals surface area contributed by atoms with E-state index in [0.717, 1.165) is 9.87 Å². The number of hydrogen-bond donors (Lipinski definition) is 1. The second-order valence-corrected chi connectivity index (χ2v) is 11.4. The summed E-state index contributed by atoms with van der Waals surface area (Å²) in [4.78, 5) is 13.0. The van der Waals surface area contributed by atoms with Gasteiger partial charge in [0.25, 0.3) is 15.9 Å². The van der Waals surface area contributed by atoms with E-state index >= 15 is 0 Å². The molecule has 43 heavy (non-hydrogen) atoms. The molecule has 11 heteroatoms. The van der Waals surface area contributed by atoms with Gasteiger partial charge in [0, 0.05) is 5.02 Å². The van der Waals surface area contributed by atoms with E-state index in [4.69, 9.17) is 25.8 Å². The summed E-state index contributed by atoms with van der Waals surface area (Å²) in [6.45, 7) is 4.45. The molecule has 9 nitrogen and oxygen atoms in total. The Bertz CT molecular complexity index is 1630. The van der Waals surface area contributed by atoms with Crippen molar-refractivity contribution in [2.45, 2.75) is 25.3 Å². The smallest absolute Gasteiger partial charge is 0.264 e. The number of halogens is 1. The zero-order valence-electron chi connectivity index (χ0n) is 23.8. The first-order valence-electron chi connectivity index (χ1n) is 13.6. The molecule has 4 aromatic carbocycles. The topological polar surface area (TPSA) is 107 Å². The fourth-order valence-corrected chi connectivity index (χ4v) is 5.56. The monoisotopic (exact) mass is 621 g/mol. The molecule has 0 spiro atoms. The van der Waals surface area contributed by atoms with E-state index in [0.29, 0.717) is 53.3 Å². The van der Waals surface area contributed by atoms with Gasteiger partial charge in [-0.05, 0) is 91.7 Å². The number of benzene rings is 4. The maximum absolute atomic E-state index is 13.5. The molecule has 0 radical (unpaired) electrons. The van der Waals surface area contributed by atoms with Gasteiger partial charge in [0.05, 0.1) is 30.0 Å². The second-order valence-electron chi connectivity index (χ2n) is 9.10. The Hall–Kier alpha value is -4.54. The summed E-state index contributed by atoms with van der Waals surface area (Å²) >= 11 is 5.95. The first kappa shape index (κ1) is 31.4. The minimum Gasteiger partial charge on any atom is -0.494 e. The third-order valence-corrected chi connectivity index (χ3v) is 8.07. The second kappa shape index (κ2) is 15.1. The van der Waals surface area contributed by atoms with Crippen molar-refractivity contribution in [3.63, 3.8) is 0 Å². The van der Waals surface area contributed by atoms with E-state index < -0.39 is 22.5 Å². The first-order chi connectivity index (χ1) is 20.8. The van der Waals surface area contributed by atoms with E-state index in [1.165, 1.54) is 18.3 Å². The van der Waals surface area contributed by atoms with Crippen LogP contribution in [-0.4, -0.2) is 40.3 Å². The number of amides is 1. The van der Waals surface area contributed by atoms with Crippen LogP contribution in [0.15, 0.2) is 107 Å². The normalized spacial score (nSPS) is 11.2. The van der Waals surface area contributed by atoms with Crippen LogP contribution < -0.4 is 23.9 Å². The average Bonchev–Trinajstić information content (AvgIpc) is 3.01. The number of carbonyl (C=O) groups is 1. The summed E-state index contributed by atoms with van der Waals surface area (Å²) in [6.07, 6.45) is 1.44. The van der Waals surface area contributed by atoms with Crippen LogP contribution in [0.1, 0.15) is 25.0 Å². The number of anilines is 1. The summed E-state index contributed by atoms with van der Waals surface area (Å²) in [5.74, 6) is 1.03. The molecule has 0 heterocycles. The molecule has 0 fully saturated rings. The summed E-state index contributed by atoms with van der Waals surface area (Å²) in [6, 6.07) is 27.0. The fourth-order valence-electron chi connectivity index (χ4n) is 3.99. The lowest BCUT2D eigenvalue weighted by atomic mass is 10.2. The molecule has 0 aliphatic carbocycles. The molecule has 0 bridgehead atoms. The van der Waals surface area contributed by atoms with Crippen LogP contribution in [0.3, 0.4) is 0 Å². The van der Waals surface area contributed by atoms with E-state index in [9.17, 15) is 13.2 Å². The highest BCUT2D eigenvalue weighted by Gasteiger charge is 2.27. The number of sulfonamides is 1. The summed E-state index contributed by atoms with van der Waals surface area (Å²) in [5.41, 5.74) is 4.32. The van der Waals surface area contributed by atoms with E-state index in [1.807, 2.05) is 26.0 Å². The number of carbonyl (C=O) groups excluding carboxylic acids is 1. The predicted molar refractivity (Wildman–Crippen MR) is 168 cm³/mol. The molecule has 0 aromatic heterocycles. The number of nitrogens with one attached hydrogen (secondary N) is 1. The zero-order chi connectivity index (χ0) is 30.7. The van der Waals surface area contributed by atoms with Crippen molar-refractivity contribution in [2.24, 2.45) is 5.10 Å². The van der Waals surface area contributed by atoms with E-state index in [1.54, 1.807) is 72.8 Å². The quantitative estimate of drug-likeness (QED) is 0.135. The zero-order valence-corrected chi connectivity index (χ0v) is 25.3. The van der Waals surface area contributed by atoms with Crippen LogP contribution in [0.25, 0.3) is 0 Å². The van der Waals surface area contributed by atoms with Crippen LogP contribution in [-0.2, 0) is 21.4 Å². The minimum atomic E-state index is -4.05. The Morgan fingerprint density at radius 1 is 0.860 bits per heavy atom. The maximum atomic E-state index is 13.5. The van der Waals surface area contributed by atoms with Crippen molar-refractivity contribution in [1.29, 1.82) is 0 Å². The van der Waals surface area contributed by atoms with Gasteiger partial charge in [-0.2, -0.15) is 5.10 Å². The Morgan fingerprint density at radius 3 is 2.23 bits per heavy atom. The fraction of sp³-hybridized carbons (Fsp3) is 0.188. The molecule has 4 aromatic rings. The highest BCUT2D eigenvalue weighted by Crippen LogP contribution is 2.29. The number of nitrogens with zero attached hydrogens (tertiary/aromatic N) is 2. The Balaban J connectivity index is 1.46. The molecular weight excluding hydrogens is 590 g/mol. The van der Waals surface area contributed by atoms with Crippen molar-refractivity contribution in [3.8, 4) is 17.2 Å². The van der Waals surface area contributed by atoms with Gasteiger partial charge in [0.2, 0.25) is 0 Å². The number of hydrazone groups is 1. The first-order valence-corrected chi connectivity index (χ1v) is 15.4.